The van der Waals surface area contributed by atoms with Crippen molar-refractivity contribution in [3.63, 3.8) is 0 Å². The van der Waals surface area contributed by atoms with Gasteiger partial charge in [-0.05, 0) is 25.8 Å². The second-order valence-electron chi connectivity index (χ2n) is 4.28. The van der Waals surface area contributed by atoms with Crippen molar-refractivity contribution in [1.82, 2.24) is 10.2 Å². The Hall–Kier alpha value is -0.810. The van der Waals surface area contributed by atoms with Crippen molar-refractivity contribution in [2.45, 2.75) is 25.3 Å². The van der Waals surface area contributed by atoms with Gasteiger partial charge in [0.25, 0.3) is 0 Å². The molecule has 16 heavy (non-hydrogen) atoms. The molecule has 5 nitrogen and oxygen atoms in total. The summed E-state index contributed by atoms with van der Waals surface area (Å²) in [4.78, 5) is 24.9. The molecule has 0 aromatic heterocycles. The van der Waals surface area contributed by atoms with Crippen molar-refractivity contribution in [3.8, 4) is 0 Å². The molecule has 2 amide bonds. The monoisotopic (exact) mass is 247 g/mol. The maximum absolute atomic E-state index is 12.0. The Labute approximate surface area is 101 Å². The molecule has 0 radical (unpaired) electrons. The second-order valence-corrected chi connectivity index (χ2v) is 4.28. The Morgan fingerprint density at radius 2 is 2.06 bits per heavy atom. The average Bonchev–Trinajstić information content (AvgIpc) is 2.88. The van der Waals surface area contributed by atoms with Crippen LogP contribution in [0.3, 0.4) is 0 Å². The van der Waals surface area contributed by atoms with Crippen LogP contribution in [0.2, 0.25) is 0 Å². The first kappa shape index (κ1) is 13.3. The number of primary amides is 1. The third-order valence-electron chi connectivity index (χ3n) is 3.27. The summed E-state index contributed by atoms with van der Waals surface area (Å²) in [6.07, 6.45) is 2.49. The van der Waals surface area contributed by atoms with E-state index in [-0.39, 0.29) is 36.2 Å². The van der Waals surface area contributed by atoms with Crippen LogP contribution in [-0.4, -0.2) is 42.4 Å². The lowest BCUT2D eigenvalue weighted by Gasteiger charge is -2.24. The van der Waals surface area contributed by atoms with Gasteiger partial charge in [-0.1, -0.05) is 0 Å². The molecule has 2 fully saturated rings. The molecule has 0 aromatic carbocycles. The van der Waals surface area contributed by atoms with Crippen molar-refractivity contribution in [1.29, 1.82) is 0 Å². The van der Waals surface area contributed by atoms with Crippen molar-refractivity contribution < 1.29 is 9.59 Å². The van der Waals surface area contributed by atoms with Gasteiger partial charge in [-0.3, -0.25) is 9.59 Å². The zero-order valence-corrected chi connectivity index (χ0v) is 9.96. The first-order chi connectivity index (χ1) is 7.20. The van der Waals surface area contributed by atoms with Crippen LogP contribution < -0.4 is 11.1 Å². The van der Waals surface area contributed by atoms with Gasteiger partial charge in [-0.2, -0.15) is 0 Å². The number of hydrogen-bond donors (Lipinski definition) is 2. The number of likely N-dealkylation sites (tertiary alicyclic amines) is 1. The molecule has 6 heteroatoms. The quantitative estimate of drug-likeness (QED) is 0.691. The lowest BCUT2D eigenvalue weighted by atomic mass is 10.1. The number of halogens is 1. The van der Waals surface area contributed by atoms with Crippen LogP contribution in [0.4, 0.5) is 0 Å². The topological polar surface area (TPSA) is 75.4 Å². The maximum Gasteiger partial charge on any atom is 0.240 e. The van der Waals surface area contributed by atoms with E-state index in [1.54, 1.807) is 4.90 Å². The first-order valence-corrected chi connectivity index (χ1v) is 5.50. The summed E-state index contributed by atoms with van der Waals surface area (Å²) in [7, 11) is 0. The van der Waals surface area contributed by atoms with Crippen LogP contribution in [0.25, 0.3) is 0 Å². The molecule has 0 spiro atoms. The van der Waals surface area contributed by atoms with Gasteiger partial charge in [-0.25, -0.2) is 0 Å². The standard InChI is InChI=1S/C10H17N3O2.ClH/c11-9(14)8-2-1-5-13(8)10(15)7-3-4-12-6-7;/h7-8,12H,1-6H2,(H2,11,14);1H/t7-,8?;/m0./s1. The zero-order valence-electron chi connectivity index (χ0n) is 9.15. The van der Waals surface area contributed by atoms with Gasteiger partial charge in [-0.15, -0.1) is 12.4 Å². The largest absolute Gasteiger partial charge is 0.368 e. The highest BCUT2D eigenvalue weighted by Crippen LogP contribution is 2.21. The highest BCUT2D eigenvalue weighted by molar-refractivity contribution is 5.88. The number of amides is 2. The Morgan fingerprint density at radius 1 is 1.31 bits per heavy atom. The molecule has 3 N–H and O–H groups in total. The maximum atomic E-state index is 12.0. The van der Waals surface area contributed by atoms with Crippen molar-refractivity contribution in [2.24, 2.45) is 11.7 Å². The van der Waals surface area contributed by atoms with Gasteiger partial charge >= 0.3 is 0 Å². The van der Waals surface area contributed by atoms with E-state index in [0.29, 0.717) is 6.54 Å². The van der Waals surface area contributed by atoms with Crippen LogP contribution in [-0.2, 0) is 9.59 Å². The van der Waals surface area contributed by atoms with Crippen molar-refractivity contribution >= 4 is 24.2 Å². The van der Waals surface area contributed by atoms with E-state index in [1.807, 2.05) is 0 Å². The summed E-state index contributed by atoms with van der Waals surface area (Å²) < 4.78 is 0. The molecular weight excluding hydrogens is 230 g/mol. The molecule has 2 saturated heterocycles. The molecule has 0 aliphatic carbocycles. The molecule has 2 aliphatic heterocycles. The lowest BCUT2D eigenvalue weighted by molar-refractivity contribution is -0.140. The van der Waals surface area contributed by atoms with E-state index in [0.717, 1.165) is 32.4 Å². The van der Waals surface area contributed by atoms with Gasteiger partial charge in [0.05, 0.1) is 5.92 Å². The van der Waals surface area contributed by atoms with Gasteiger partial charge in [0, 0.05) is 13.1 Å². The Kier molecular flexibility index (Phi) is 4.56. The second kappa shape index (κ2) is 5.50. The first-order valence-electron chi connectivity index (χ1n) is 5.50. The van der Waals surface area contributed by atoms with Crippen LogP contribution in [0, 0.1) is 5.92 Å². The molecule has 2 aliphatic rings. The zero-order chi connectivity index (χ0) is 10.8. The third-order valence-corrected chi connectivity index (χ3v) is 3.27. The summed E-state index contributed by atoms with van der Waals surface area (Å²) in [5.74, 6) is -0.224. The fourth-order valence-electron chi connectivity index (χ4n) is 2.43. The molecule has 2 rings (SSSR count). The molecular formula is C10H18ClN3O2. The number of rotatable bonds is 2. The summed E-state index contributed by atoms with van der Waals surface area (Å²) in [6, 6.07) is -0.363. The predicted molar refractivity (Wildman–Crippen MR) is 62.2 cm³/mol. The molecule has 2 atom stereocenters. The predicted octanol–water partition coefficient (Wildman–Crippen LogP) is -0.506. The molecule has 0 bridgehead atoms. The van der Waals surface area contributed by atoms with E-state index in [1.165, 1.54) is 0 Å². The summed E-state index contributed by atoms with van der Waals surface area (Å²) >= 11 is 0. The Balaban J connectivity index is 0.00000128. The number of carbonyl (C=O) groups is 2. The van der Waals surface area contributed by atoms with Crippen LogP contribution in [0.5, 0.6) is 0 Å². The number of nitrogens with two attached hydrogens (primary N) is 1. The van der Waals surface area contributed by atoms with Gasteiger partial charge < -0.3 is 16.0 Å². The van der Waals surface area contributed by atoms with E-state index in [4.69, 9.17) is 5.73 Å². The van der Waals surface area contributed by atoms with Crippen molar-refractivity contribution in [2.75, 3.05) is 19.6 Å². The normalized spacial score (nSPS) is 28.9. The van der Waals surface area contributed by atoms with Gasteiger partial charge in [0.1, 0.15) is 6.04 Å². The number of nitrogens with one attached hydrogen (secondary N) is 1. The van der Waals surface area contributed by atoms with E-state index < -0.39 is 0 Å². The van der Waals surface area contributed by atoms with Crippen LogP contribution >= 0.6 is 12.4 Å². The minimum Gasteiger partial charge on any atom is -0.368 e. The summed E-state index contributed by atoms with van der Waals surface area (Å²) in [6.45, 7) is 2.31. The van der Waals surface area contributed by atoms with E-state index in [9.17, 15) is 9.59 Å². The van der Waals surface area contributed by atoms with Crippen LogP contribution in [0.15, 0.2) is 0 Å². The minimum atomic E-state index is -0.369. The summed E-state index contributed by atoms with van der Waals surface area (Å²) in [5, 5.41) is 3.16. The average molecular weight is 248 g/mol. The molecule has 0 saturated carbocycles. The van der Waals surface area contributed by atoms with Gasteiger partial charge in [0.15, 0.2) is 0 Å². The van der Waals surface area contributed by atoms with E-state index in [2.05, 4.69) is 5.32 Å². The number of carbonyl (C=O) groups excluding carboxylic acids is 2. The summed E-state index contributed by atoms with van der Waals surface area (Å²) in [5.41, 5.74) is 5.28. The molecule has 0 aromatic rings. The highest BCUT2D eigenvalue weighted by atomic mass is 35.5. The molecule has 1 unspecified atom stereocenters. The molecule has 92 valence electrons. The molecule has 2 heterocycles. The van der Waals surface area contributed by atoms with Crippen LogP contribution in [0.1, 0.15) is 19.3 Å². The number of hydrogen-bond acceptors (Lipinski definition) is 3. The lowest BCUT2D eigenvalue weighted by Crippen LogP contribution is -2.46. The minimum absolute atomic E-state index is 0. The highest BCUT2D eigenvalue weighted by Gasteiger charge is 2.36. The number of nitrogens with zero attached hydrogens (tertiary/aromatic N) is 1. The Bertz CT molecular complexity index is 279. The Morgan fingerprint density at radius 3 is 2.62 bits per heavy atom. The smallest absolute Gasteiger partial charge is 0.240 e. The van der Waals surface area contributed by atoms with Gasteiger partial charge in [0.2, 0.25) is 11.8 Å². The third kappa shape index (κ3) is 2.47. The SMILES string of the molecule is Cl.NC(=O)C1CCCN1C(=O)[C@H]1CCNC1. The fraction of sp³-hybridized carbons (Fsp3) is 0.800. The van der Waals surface area contributed by atoms with E-state index >= 15 is 0 Å². The van der Waals surface area contributed by atoms with Crippen molar-refractivity contribution in [3.05, 3.63) is 0 Å². The fourth-order valence-corrected chi connectivity index (χ4v) is 2.43.